The van der Waals surface area contributed by atoms with E-state index in [1.807, 2.05) is 0 Å². The number of rotatable bonds is 3. The highest BCUT2D eigenvalue weighted by molar-refractivity contribution is 7.80. The van der Waals surface area contributed by atoms with Crippen molar-refractivity contribution >= 4 is 90.8 Å². The average molecular weight is 461 g/mol. The second-order valence-electron chi connectivity index (χ2n) is 5.22. The normalized spacial score (nSPS) is 10.6. The van der Waals surface area contributed by atoms with Crippen molar-refractivity contribution < 1.29 is 9.72 Å². The van der Waals surface area contributed by atoms with Crippen molar-refractivity contribution in [3.05, 3.63) is 66.5 Å². The third kappa shape index (κ3) is 4.31. The number of nitro groups is 1. The molecule has 1 heterocycles. The van der Waals surface area contributed by atoms with Crippen molar-refractivity contribution in [2.45, 2.75) is 0 Å². The van der Waals surface area contributed by atoms with Crippen molar-refractivity contribution in [1.29, 1.82) is 0 Å². The molecule has 0 unspecified atom stereocenters. The van der Waals surface area contributed by atoms with Crippen LogP contribution in [0, 0.1) is 10.1 Å². The van der Waals surface area contributed by atoms with Crippen molar-refractivity contribution in [2.24, 2.45) is 0 Å². The van der Waals surface area contributed by atoms with Gasteiger partial charge < -0.3 is 5.32 Å². The van der Waals surface area contributed by atoms with Crippen LogP contribution in [-0.2, 0) is 0 Å². The maximum atomic E-state index is 12.5. The first-order chi connectivity index (χ1) is 12.8. The molecule has 27 heavy (non-hydrogen) atoms. The van der Waals surface area contributed by atoms with Gasteiger partial charge in [0.2, 0.25) is 0 Å². The number of thiocarbonyl (C=S) groups is 1. The summed E-state index contributed by atoms with van der Waals surface area (Å²) < 4.78 is 0.773. The van der Waals surface area contributed by atoms with E-state index in [-0.39, 0.29) is 20.7 Å². The number of thiophene rings is 1. The van der Waals surface area contributed by atoms with Crippen LogP contribution in [0.15, 0.2) is 36.4 Å². The number of benzene rings is 2. The molecule has 0 aliphatic heterocycles. The summed E-state index contributed by atoms with van der Waals surface area (Å²) in [6.07, 6.45) is 0. The van der Waals surface area contributed by atoms with Crippen LogP contribution in [0.2, 0.25) is 15.1 Å². The second-order valence-corrected chi connectivity index (χ2v) is 7.90. The summed E-state index contributed by atoms with van der Waals surface area (Å²) in [6, 6.07) is 8.99. The monoisotopic (exact) mass is 459 g/mol. The van der Waals surface area contributed by atoms with Crippen molar-refractivity contribution in [3.8, 4) is 0 Å². The van der Waals surface area contributed by atoms with Crippen LogP contribution in [0.4, 0.5) is 11.4 Å². The van der Waals surface area contributed by atoms with Gasteiger partial charge in [-0.15, -0.1) is 11.3 Å². The first-order valence-corrected chi connectivity index (χ1v) is 9.56. The van der Waals surface area contributed by atoms with Gasteiger partial charge in [0.05, 0.1) is 20.7 Å². The quantitative estimate of drug-likeness (QED) is 0.289. The van der Waals surface area contributed by atoms with Crippen molar-refractivity contribution in [3.63, 3.8) is 0 Å². The highest BCUT2D eigenvalue weighted by Gasteiger charge is 2.19. The van der Waals surface area contributed by atoms with Crippen LogP contribution in [0.25, 0.3) is 10.1 Å². The molecule has 0 aliphatic carbocycles. The molecule has 0 aliphatic rings. The molecule has 0 saturated heterocycles. The Bertz CT molecular complexity index is 1100. The number of halogens is 3. The van der Waals surface area contributed by atoms with Crippen LogP contribution in [0.3, 0.4) is 0 Å². The SMILES string of the molecule is O=C(NC(=S)Nc1ccc([N+](=O)[O-])cc1Cl)c1sc2cc(Cl)ccc2c1Cl. The predicted molar refractivity (Wildman–Crippen MR) is 114 cm³/mol. The van der Waals surface area contributed by atoms with Crippen LogP contribution >= 0.6 is 58.4 Å². The van der Waals surface area contributed by atoms with E-state index >= 15 is 0 Å². The van der Waals surface area contributed by atoms with Crippen molar-refractivity contribution in [1.82, 2.24) is 5.32 Å². The first kappa shape index (κ1) is 19.8. The lowest BCUT2D eigenvalue weighted by atomic mass is 10.2. The lowest BCUT2D eigenvalue weighted by molar-refractivity contribution is -0.384. The summed E-state index contributed by atoms with van der Waals surface area (Å²) in [5, 5.41) is 17.6. The molecule has 0 bridgehead atoms. The van der Waals surface area contributed by atoms with E-state index < -0.39 is 10.8 Å². The van der Waals surface area contributed by atoms with Gasteiger partial charge in [0.25, 0.3) is 11.6 Å². The molecule has 2 N–H and O–H groups in total. The molecule has 0 radical (unpaired) electrons. The number of non-ortho nitro benzene ring substituents is 1. The number of nitro benzene ring substituents is 1. The van der Waals surface area contributed by atoms with Gasteiger partial charge in [-0.2, -0.15) is 0 Å². The van der Waals surface area contributed by atoms with Gasteiger partial charge in [0, 0.05) is 27.2 Å². The summed E-state index contributed by atoms with van der Waals surface area (Å²) in [6.45, 7) is 0. The molecule has 1 aromatic heterocycles. The van der Waals surface area contributed by atoms with Crippen LogP contribution < -0.4 is 10.6 Å². The molecular weight excluding hydrogens is 453 g/mol. The maximum Gasteiger partial charge on any atom is 0.271 e. The molecule has 0 atom stereocenters. The Hall–Kier alpha value is -1.97. The van der Waals surface area contributed by atoms with Gasteiger partial charge in [0.15, 0.2) is 5.11 Å². The van der Waals surface area contributed by atoms with Crippen LogP contribution in [0.1, 0.15) is 9.67 Å². The van der Waals surface area contributed by atoms with Gasteiger partial charge in [-0.25, -0.2) is 0 Å². The molecule has 138 valence electrons. The number of nitrogens with one attached hydrogen (secondary N) is 2. The van der Waals surface area contributed by atoms with E-state index in [0.29, 0.717) is 21.1 Å². The summed E-state index contributed by atoms with van der Waals surface area (Å²) in [5.74, 6) is -0.493. The minimum absolute atomic E-state index is 0.0256. The zero-order chi connectivity index (χ0) is 19.7. The zero-order valence-electron chi connectivity index (χ0n) is 13.1. The number of amides is 1. The fraction of sp³-hybridized carbons (Fsp3) is 0. The standard InChI is InChI=1S/C16H8Cl3N3O3S2/c17-7-1-3-9-12(5-7)27-14(13(9)19)15(23)21-16(26)20-11-4-2-8(22(24)25)6-10(11)18/h1-6H,(H2,20,21,23,26). The number of carbonyl (C=O) groups excluding carboxylic acids is 1. The fourth-order valence-corrected chi connectivity index (χ4v) is 4.33. The molecule has 0 saturated carbocycles. The zero-order valence-corrected chi connectivity index (χ0v) is 17.0. The van der Waals surface area contributed by atoms with E-state index in [1.165, 1.54) is 29.5 Å². The number of hydrogen-bond acceptors (Lipinski definition) is 5. The average Bonchev–Trinajstić information content (AvgIpc) is 2.92. The molecule has 6 nitrogen and oxygen atoms in total. The molecule has 2 aromatic carbocycles. The molecule has 0 spiro atoms. The van der Waals surface area contributed by atoms with Crippen LogP contribution in [0.5, 0.6) is 0 Å². The first-order valence-electron chi connectivity index (χ1n) is 7.20. The Labute approximate surface area is 177 Å². The Morgan fingerprint density at radius 1 is 1.15 bits per heavy atom. The third-order valence-corrected chi connectivity index (χ3v) is 5.84. The highest BCUT2D eigenvalue weighted by atomic mass is 35.5. The summed E-state index contributed by atoms with van der Waals surface area (Å²) in [5.41, 5.74) is 0.165. The number of hydrogen-bond donors (Lipinski definition) is 2. The molecule has 0 fully saturated rings. The van der Waals surface area contributed by atoms with Gasteiger partial charge in [-0.3, -0.25) is 20.2 Å². The van der Waals surface area contributed by atoms with Crippen molar-refractivity contribution in [2.75, 3.05) is 5.32 Å². The molecule has 1 amide bonds. The molecular formula is C16H8Cl3N3O3S2. The largest absolute Gasteiger partial charge is 0.331 e. The third-order valence-electron chi connectivity index (χ3n) is 3.44. The van der Waals surface area contributed by atoms with E-state index in [2.05, 4.69) is 10.6 Å². The topological polar surface area (TPSA) is 84.3 Å². The Morgan fingerprint density at radius 3 is 2.56 bits per heavy atom. The number of anilines is 1. The second kappa shape index (κ2) is 7.95. The van der Waals surface area contributed by atoms with Gasteiger partial charge in [-0.05, 0) is 30.4 Å². The Balaban J connectivity index is 1.76. The van der Waals surface area contributed by atoms with Crippen LogP contribution in [-0.4, -0.2) is 15.9 Å². The molecule has 3 aromatic rings. The lowest BCUT2D eigenvalue weighted by Gasteiger charge is -2.10. The minimum atomic E-state index is -0.564. The van der Waals surface area contributed by atoms with E-state index in [0.717, 1.165) is 4.70 Å². The number of nitrogens with zero attached hydrogens (tertiary/aromatic N) is 1. The highest BCUT2D eigenvalue weighted by Crippen LogP contribution is 2.36. The smallest absolute Gasteiger partial charge is 0.271 e. The summed E-state index contributed by atoms with van der Waals surface area (Å²) >= 11 is 24.5. The summed E-state index contributed by atoms with van der Waals surface area (Å²) in [4.78, 5) is 22.9. The minimum Gasteiger partial charge on any atom is -0.331 e. The van der Waals surface area contributed by atoms with Gasteiger partial charge in [0.1, 0.15) is 4.88 Å². The van der Waals surface area contributed by atoms with E-state index in [1.54, 1.807) is 18.2 Å². The number of carbonyl (C=O) groups is 1. The Morgan fingerprint density at radius 2 is 1.89 bits per heavy atom. The van der Waals surface area contributed by atoms with Gasteiger partial charge >= 0.3 is 0 Å². The lowest BCUT2D eigenvalue weighted by Crippen LogP contribution is -2.33. The Kier molecular flexibility index (Phi) is 5.83. The number of fused-ring (bicyclic) bond motifs is 1. The van der Waals surface area contributed by atoms with E-state index in [4.69, 9.17) is 47.0 Å². The van der Waals surface area contributed by atoms with E-state index in [9.17, 15) is 14.9 Å². The molecule has 3 rings (SSSR count). The summed E-state index contributed by atoms with van der Waals surface area (Å²) in [7, 11) is 0. The predicted octanol–water partition coefficient (Wildman–Crippen LogP) is 5.90. The van der Waals surface area contributed by atoms with Gasteiger partial charge in [-0.1, -0.05) is 40.9 Å². The fourth-order valence-electron chi connectivity index (χ4n) is 2.22. The maximum absolute atomic E-state index is 12.5. The molecule has 11 heteroatoms.